The number of nitrogens with one attached hydrogen (secondary N) is 2. The number of rotatable bonds is 8. The normalized spacial score (nSPS) is 11.9. The first kappa shape index (κ1) is 22.1. The highest BCUT2D eigenvalue weighted by molar-refractivity contribution is 6.00. The summed E-state index contributed by atoms with van der Waals surface area (Å²) < 4.78 is 5.47. The molecule has 7 heteroatoms. The molecule has 0 bridgehead atoms. The maximum Gasteiger partial charge on any atom is 0.407 e. The van der Waals surface area contributed by atoms with E-state index in [1.54, 1.807) is 12.1 Å². The Balaban J connectivity index is 1.23. The zero-order valence-electron chi connectivity index (χ0n) is 17.9. The summed E-state index contributed by atoms with van der Waals surface area (Å²) in [7, 11) is 0. The number of carbonyl (C=O) groups excluding carboxylic acids is 2. The van der Waals surface area contributed by atoms with Gasteiger partial charge in [-0.2, -0.15) is 0 Å². The SMILES string of the molecule is O=C(CCCNC(=O)OCC1c2ccccc2-c2ccccc21)Nc1ccccc1C(=O)O. The van der Waals surface area contributed by atoms with E-state index < -0.39 is 12.1 Å². The Kier molecular flexibility index (Phi) is 6.69. The van der Waals surface area contributed by atoms with Crippen molar-refractivity contribution in [2.75, 3.05) is 18.5 Å². The molecule has 3 aromatic carbocycles. The van der Waals surface area contributed by atoms with Crippen molar-refractivity contribution in [1.82, 2.24) is 5.32 Å². The van der Waals surface area contributed by atoms with Gasteiger partial charge in [-0.05, 0) is 40.8 Å². The van der Waals surface area contributed by atoms with E-state index >= 15 is 0 Å². The Hall–Kier alpha value is -4.13. The number of carboxylic acids is 1. The van der Waals surface area contributed by atoms with Crippen LogP contribution in [0.15, 0.2) is 72.8 Å². The first-order valence-electron chi connectivity index (χ1n) is 10.8. The van der Waals surface area contributed by atoms with Gasteiger partial charge in [0.15, 0.2) is 0 Å². The lowest BCUT2D eigenvalue weighted by Gasteiger charge is -2.14. The fraction of sp³-hybridized carbons (Fsp3) is 0.192. The number of carboxylic acid groups (broad SMARTS) is 1. The van der Waals surface area contributed by atoms with Crippen LogP contribution in [0.1, 0.15) is 40.2 Å². The fourth-order valence-electron chi connectivity index (χ4n) is 4.08. The molecule has 0 fully saturated rings. The number of para-hydroxylation sites is 1. The van der Waals surface area contributed by atoms with Crippen molar-refractivity contribution in [3.05, 3.63) is 89.5 Å². The molecule has 0 atom stereocenters. The standard InChI is InChI=1S/C26H24N2O5/c29-24(28-23-13-6-5-12-21(23)25(30)31)14-7-15-27-26(32)33-16-22-19-10-3-1-8-17(19)18-9-2-4-11-20(18)22/h1-6,8-13,22H,7,14-16H2,(H,27,32)(H,28,29)(H,30,31). The van der Waals surface area contributed by atoms with Crippen LogP contribution >= 0.6 is 0 Å². The van der Waals surface area contributed by atoms with E-state index in [0.717, 1.165) is 22.3 Å². The molecule has 0 spiro atoms. The summed E-state index contributed by atoms with van der Waals surface area (Å²) in [5.41, 5.74) is 4.90. The molecule has 0 saturated carbocycles. The van der Waals surface area contributed by atoms with Crippen LogP contribution in [0.25, 0.3) is 11.1 Å². The van der Waals surface area contributed by atoms with Gasteiger partial charge in [0.2, 0.25) is 5.91 Å². The van der Waals surface area contributed by atoms with Crippen LogP contribution in [0.3, 0.4) is 0 Å². The number of hydrogen-bond acceptors (Lipinski definition) is 4. The molecule has 1 aliphatic carbocycles. The Morgan fingerprint density at radius 3 is 2.12 bits per heavy atom. The number of benzene rings is 3. The zero-order valence-corrected chi connectivity index (χ0v) is 17.9. The second kappa shape index (κ2) is 9.99. The van der Waals surface area contributed by atoms with Crippen LogP contribution in [0.4, 0.5) is 10.5 Å². The van der Waals surface area contributed by atoms with E-state index in [0.29, 0.717) is 6.42 Å². The predicted molar refractivity (Wildman–Crippen MR) is 124 cm³/mol. The van der Waals surface area contributed by atoms with Gasteiger partial charge in [-0.15, -0.1) is 0 Å². The first-order valence-corrected chi connectivity index (χ1v) is 10.8. The fourth-order valence-corrected chi connectivity index (χ4v) is 4.08. The minimum absolute atomic E-state index is 0.0109. The highest BCUT2D eigenvalue weighted by Gasteiger charge is 2.28. The smallest absolute Gasteiger partial charge is 0.407 e. The second-order valence-corrected chi connectivity index (χ2v) is 7.75. The van der Waals surface area contributed by atoms with E-state index in [1.807, 2.05) is 24.3 Å². The van der Waals surface area contributed by atoms with Crippen LogP contribution in [-0.2, 0) is 9.53 Å². The molecule has 1 aliphatic rings. The van der Waals surface area contributed by atoms with Gasteiger partial charge in [0.1, 0.15) is 6.61 Å². The maximum atomic E-state index is 12.2. The van der Waals surface area contributed by atoms with E-state index in [1.165, 1.54) is 12.1 Å². The third-order valence-electron chi connectivity index (χ3n) is 5.63. The minimum Gasteiger partial charge on any atom is -0.478 e. The average molecular weight is 444 g/mol. The molecule has 0 heterocycles. The number of aromatic carboxylic acids is 1. The molecule has 0 aromatic heterocycles. The Morgan fingerprint density at radius 1 is 0.848 bits per heavy atom. The average Bonchev–Trinajstić information content (AvgIpc) is 3.14. The van der Waals surface area contributed by atoms with Crippen LogP contribution in [0.2, 0.25) is 0 Å². The topological polar surface area (TPSA) is 105 Å². The van der Waals surface area contributed by atoms with Crippen molar-refractivity contribution in [3.63, 3.8) is 0 Å². The van der Waals surface area contributed by atoms with E-state index in [-0.39, 0.29) is 42.6 Å². The summed E-state index contributed by atoms with van der Waals surface area (Å²) in [6, 6.07) is 22.5. The molecule has 3 N–H and O–H groups in total. The summed E-state index contributed by atoms with van der Waals surface area (Å²) in [5, 5.41) is 14.4. The zero-order chi connectivity index (χ0) is 23.2. The molecule has 0 radical (unpaired) electrons. The van der Waals surface area contributed by atoms with Crippen LogP contribution < -0.4 is 10.6 Å². The van der Waals surface area contributed by atoms with Gasteiger partial charge in [-0.25, -0.2) is 9.59 Å². The number of alkyl carbamates (subject to hydrolysis) is 1. The number of hydrogen-bond donors (Lipinski definition) is 3. The molecule has 33 heavy (non-hydrogen) atoms. The number of fused-ring (bicyclic) bond motifs is 3. The van der Waals surface area contributed by atoms with E-state index in [9.17, 15) is 19.5 Å². The summed E-state index contributed by atoms with van der Waals surface area (Å²) in [6.07, 6.45) is -0.00317. The van der Waals surface area contributed by atoms with Gasteiger partial charge in [-0.3, -0.25) is 4.79 Å². The molecule has 4 rings (SSSR count). The van der Waals surface area contributed by atoms with Gasteiger partial charge in [-0.1, -0.05) is 60.7 Å². The Labute approximate surface area is 191 Å². The number of carbonyl (C=O) groups is 3. The summed E-state index contributed by atoms with van der Waals surface area (Å²) in [5.74, 6) is -1.44. The van der Waals surface area contributed by atoms with E-state index in [2.05, 4.69) is 34.9 Å². The molecule has 0 unspecified atom stereocenters. The lowest BCUT2D eigenvalue weighted by atomic mass is 9.98. The lowest BCUT2D eigenvalue weighted by molar-refractivity contribution is -0.116. The van der Waals surface area contributed by atoms with Crippen LogP contribution in [0.5, 0.6) is 0 Å². The van der Waals surface area contributed by atoms with Crippen molar-refractivity contribution < 1.29 is 24.2 Å². The first-order chi connectivity index (χ1) is 16.0. The third kappa shape index (κ3) is 5.03. The number of amides is 2. The van der Waals surface area contributed by atoms with Gasteiger partial charge in [0, 0.05) is 18.9 Å². The van der Waals surface area contributed by atoms with Crippen LogP contribution in [0, 0.1) is 0 Å². The molecule has 0 saturated heterocycles. The highest BCUT2D eigenvalue weighted by Crippen LogP contribution is 2.44. The molecular weight excluding hydrogens is 420 g/mol. The van der Waals surface area contributed by atoms with E-state index in [4.69, 9.17) is 4.74 Å². The van der Waals surface area contributed by atoms with Gasteiger partial charge < -0.3 is 20.5 Å². The summed E-state index contributed by atoms with van der Waals surface area (Å²) in [6.45, 7) is 0.497. The second-order valence-electron chi connectivity index (χ2n) is 7.75. The maximum absolute atomic E-state index is 12.2. The Morgan fingerprint density at radius 2 is 1.45 bits per heavy atom. The van der Waals surface area contributed by atoms with Gasteiger partial charge in [0.25, 0.3) is 0 Å². The van der Waals surface area contributed by atoms with Crippen LogP contribution in [-0.4, -0.2) is 36.2 Å². The summed E-state index contributed by atoms with van der Waals surface area (Å²) >= 11 is 0. The lowest BCUT2D eigenvalue weighted by Crippen LogP contribution is -2.27. The van der Waals surface area contributed by atoms with Gasteiger partial charge >= 0.3 is 12.1 Å². The predicted octanol–water partition coefficient (Wildman–Crippen LogP) is 4.64. The number of ether oxygens (including phenoxy) is 1. The minimum atomic E-state index is -1.11. The molecule has 168 valence electrons. The molecule has 7 nitrogen and oxygen atoms in total. The number of anilines is 1. The summed E-state index contributed by atoms with van der Waals surface area (Å²) in [4.78, 5) is 35.5. The molecule has 3 aromatic rings. The molecule has 2 amide bonds. The van der Waals surface area contributed by atoms with Crippen molar-refractivity contribution in [2.24, 2.45) is 0 Å². The quantitative estimate of drug-likeness (QED) is 0.439. The molecular formula is C26H24N2O5. The Bertz CT molecular complexity index is 1150. The highest BCUT2D eigenvalue weighted by atomic mass is 16.5. The van der Waals surface area contributed by atoms with Crippen molar-refractivity contribution in [1.29, 1.82) is 0 Å². The van der Waals surface area contributed by atoms with Crippen molar-refractivity contribution >= 4 is 23.7 Å². The molecule has 0 aliphatic heterocycles. The third-order valence-corrected chi connectivity index (χ3v) is 5.63. The van der Waals surface area contributed by atoms with Crippen molar-refractivity contribution in [3.8, 4) is 11.1 Å². The van der Waals surface area contributed by atoms with Gasteiger partial charge in [0.05, 0.1) is 11.3 Å². The largest absolute Gasteiger partial charge is 0.478 e. The van der Waals surface area contributed by atoms with Crippen molar-refractivity contribution in [2.45, 2.75) is 18.8 Å². The monoisotopic (exact) mass is 444 g/mol.